The normalized spacial score (nSPS) is 14.3. The number of nitrogens with zero attached hydrogens (tertiary/aromatic N) is 3. The summed E-state index contributed by atoms with van der Waals surface area (Å²) in [5.41, 5.74) is 1.09. The summed E-state index contributed by atoms with van der Waals surface area (Å²) in [5, 5.41) is 17.2. The van der Waals surface area contributed by atoms with Crippen molar-refractivity contribution in [1.29, 1.82) is 0 Å². The van der Waals surface area contributed by atoms with Crippen molar-refractivity contribution in [1.82, 2.24) is 20.0 Å². The molecule has 1 unspecified atom stereocenters. The van der Waals surface area contributed by atoms with Gasteiger partial charge in [0.15, 0.2) is 0 Å². The largest absolute Gasteiger partial charge is 0.387 e. The third kappa shape index (κ3) is 5.71. The number of carbonyl (C=O) groups excluding carboxylic acids is 1. The molecule has 0 aliphatic rings. The molecule has 0 fully saturated rings. The molecule has 0 aliphatic heterocycles. The summed E-state index contributed by atoms with van der Waals surface area (Å²) in [4.78, 5) is 13.7. The predicted molar refractivity (Wildman–Crippen MR) is 78.5 cm³/mol. The van der Waals surface area contributed by atoms with Gasteiger partial charge >= 0.3 is 0 Å². The van der Waals surface area contributed by atoms with Crippen molar-refractivity contribution in [3.63, 3.8) is 0 Å². The van der Waals surface area contributed by atoms with E-state index in [1.165, 1.54) is 0 Å². The average Bonchev–Trinajstić information content (AvgIpc) is 2.61. The van der Waals surface area contributed by atoms with E-state index >= 15 is 0 Å². The van der Waals surface area contributed by atoms with Gasteiger partial charge in [-0.05, 0) is 40.9 Å². The molecule has 0 aliphatic carbocycles. The highest BCUT2D eigenvalue weighted by atomic mass is 16.3. The Morgan fingerprint density at radius 2 is 2.15 bits per heavy atom. The molecule has 1 aromatic heterocycles. The third-order valence-electron chi connectivity index (χ3n) is 2.98. The van der Waals surface area contributed by atoms with Crippen LogP contribution < -0.4 is 5.32 Å². The Kier molecular flexibility index (Phi) is 5.71. The zero-order chi connectivity index (χ0) is 15.3. The summed E-state index contributed by atoms with van der Waals surface area (Å²) in [5.74, 6) is -0.0726. The number of carbonyl (C=O) groups is 1. The molecular formula is C14H26N4O2. The molecule has 1 atom stereocenters. The number of aryl methyl sites for hydroxylation is 3. The van der Waals surface area contributed by atoms with Gasteiger partial charge in [-0.25, -0.2) is 0 Å². The second-order valence-electron chi connectivity index (χ2n) is 5.91. The minimum atomic E-state index is -0.919. The molecule has 0 spiro atoms. The number of nitrogens with one attached hydrogen (secondary N) is 1. The molecule has 0 bridgehead atoms. The molecule has 1 heterocycles. The van der Waals surface area contributed by atoms with E-state index in [0.717, 1.165) is 11.4 Å². The van der Waals surface area contributed by atoms with Gasteiger partial charge in [-0.1, -0.05) is 0 Å². The Labute approximate surface area is 120 Å². The first-order valence-electron chi connectivity index (χ1n) is 6.84. The van der Waals surface area contributed by atoms with Gasteiger partial charge in [0.25, 0.3) is 0 Å². The quantitative estimate of drug-likeness (QED) is 0.755. The van der Waals surface area contributed by atoms with Gasteiger partial charge in [0.05, 0.1) is 11.3 Å². The van der Waals surface area contributed by atoms with Gasteiger partial charge in [-0.2, -0.15) is 5.10 Å². The number of hydrogen-bond acceptors (Lipinski definition) is 4. The summed E-state index contributed by atoms with van der Waals surface area (Å²) in [6.07, 6.45) is 0.361. The molecule has 0 saturated heterocycles. The fourth-order valence-electron chi connectivity index (χ4n) is 2.22. The van der Waals surface area contributed by atoms with Crippen LogP contribution in [0.3, 0.4) is 0 Å². The van der Waals surface area contributed by atoms with Gasteiger partial charge in [0.1, 0.15) is 0 Å². The van der Waals surface area contributed by atoms with Crippen LogP contribution in [0.5, 0.6) is 0 Å². The molecule has 6 nitrogen and oxygen atoms in total. The van der Waals surface area contributed by atoms with E-state index in [1.807, 2.05) is 43.6 Å². The summed E-state index contributed by atoms with van der Waals surface area (Å²) in [6, 6.07) is 1.99. The molecule has 1 aromatic rings. The molecule has 6 heteroatoms. The summed E-state index contributed by atoms with van der Waals surface area (Å²) >= 11 is 0. The van der Waals surface area contributed by atoms with E-state index in [4.69, 9.17) is 0 Å². The maximum atomic E-state index is 11.8. The number of aromatic nitrogens is 2. The van der Waals surface area contributed by atoms with Crippen LogP contribution >= 0.6 is 0 Å². The summed E-state index contributed by atoms with van der Waals surface area (Å²) in [6.45, 7) is 6.93. The van der Waals surface area contributed by atoms with E-state index in [0.29, 0.717) is 19.5 Å². The van der Waals surface area contributed by atoms with Gasteiger partial charge in [-0.3, -0.25) is 9.48 Å². The molecule has 0 saturated carbocycles. The molecule has 1 rings (SSSR count). The monoisotopic (exact) mass is 282 g/mol. The van der Waals surface area contributed by atoms with Gasteiger partial charge < -0.3 is 15.3 Å². The standard InChI is InChI=1S/C14H26N4O2/c1-11-8-12(2)18(16-11)7-6-13(19)15-9-14(3,20)10-17(4)5/h8,20H,6-7,9-10H2,1-5H3,(H,15,19). The molecular weight excluding hydrogens is 256 g/mol. The zero-order valence-electron chi connectivity index (χ0n) is 13.1. The Morgan fingerprint density at radius 3 is 2.65 bits per heavy atom. The zero-order valence-corrected chi connectivity index (χ0v) is 13.1. The van der Waals surface area contributed by atoms with Crippen LogP contribution in [0.2, 0.25) is 0 Å². The Balaban J connectivity index is 2.35. The van der Waals surface area contributed by atoms with Crippen LogP contribution in [0.1, 0.15) is 24.7 Å². The number of rotatable bonds is 7. The molecule has 2 N–H and O–H groups in total. The van der Waals surface area contributed by atoms with Crippen LogP contribution in [0.15, 0.2) is 6.07 Å². The number of likely N-dealkylation sites (N-methyl/N-ethyl adjacent to an activating group) is 1. The lowest BCUT2D eigenvalue weighted by Gasteiger charge is -2.27. The molecule has 0 radical (unpaired) electrons. The lowest BCUT2D eigenvalue weighted by Crippen LogP contribution is -2.47. The van der Waals surface area contributed by atoms with E-state index < -0.39 is 5.60 Å². The fourth-order valence-corrected chi connectivity index (χ4v) is 2.22. The van der Waals surface area contributed by atoms with E-state index in [2.05, 4.69) is 10.4 Å². The van der Waals surface area contributed by atoms with Crippen LogP contribution in [0.4, 0.5) is 0 Å². The lowest BCUT2D eigenvalue weighted by atomic mass is 10.1. The second kappa shape index (κ2) is 6.85. The van der Waals surface area contributed by atoms with Crippen LogP contribution in [0, 0.1) is 13.8 Å². The SMILES string of the molecule is Cc1cc(C)n(CCC(=O)NCC(C)(O)CN(C)C)n1. The second-order valence-corrected chi connectivity index (χ2v) is 5.91. The van der Waals surface area contributed by atoms with Crippen molar-refractivity contribution in [2.75, 3.05) is 27.2 Å². The predicted octanol–water partition coefficient (Wildman–Crippen LogP) is 0.319. The molecule has 114 valence electrons. The molecule has 1 amide bonds. The Hall–Kier alpha value is -1.40. The number of hydrogen-bond donors (Lipinski definition) is 2. The van der Waals surface area contributed by atoms with Crippen molar-refractivity contribution in [2.45, 2.75) is 39.3 Å². The van der Waals surface area contributed by atoms with Gasteiger partial charge in [0, 0.05) is 31.7 Å². The smallest absolute Gasteiger partial charge is 0.221 e. The van der Waals surface area contributed by atoms with Crippen molar-refractivity contribution in [2.24, 2.45) is 0 Å². The maximum Gasteiger partial charge on any atom is 0.221 e. The minimum Gasteiger partial charge on any atom is -0.387 e. The topological polar surface area (TPSA) is 70.4 Å². The first-order valence-corrected chi connectivity index (χ1v) is 6.84. The molecule has 20 heavy (non-hydrogen) atoms. The Morgan fingerprint density at radius 1 is 1.50 bits per heavy atom. The van der Waals surface area contributed by atoms with Crippen molar-refractivity contribution in [3.05, 3.63) is 17.5 Å². The van der Waals surface area contributed by atoms with Crippen molar-refractivity contribution < 1.29 is 9.90 Å². The summed E-state index contributed by atoms with van der Waals surface area (Å²) in [7, 11) is 3.78. The highest BCUT2D eigenvalue weighted by Gasteiger charge is 2.21. The number of aliphatic hydroxyl groups is 1. The van der Waals surface area contributed by atoms with E-state index in [1.54, 1.807) is 6.92 Å². The van der Waals surface area contributed by atoms with Crippen molar-refractivity contribution in [3.8, 4) is 0 Å². The number of amides is 1. The van der Waals surface area contributed by atoms with Gasteiger partial charge in [-0.15, -0.1) is 0 Å². The maximum absolute atomic E-state index is 11.8. The van der Waals surface area contributed by atoms with Crippen LogP contribution in [-0.2, 0) is 11.3 Å². The Bertz CT molecular complexity index is 452. The fraction of sp³-hybridized carbons (Fsp3) is 0.714. The summed E-state index contributed by atoms with van der Waals surface area (Å²) < 4.78 is 1.83. The highest BCUT2D eigenvalue weighted by Crippen LogP contribution is 2.04. The average molecular weight is 282 g/mol. The lowest BCUT2D eigenvalue weighted by molar-refractivity contribution is -0.122. The molecule has 0 aromatic carbocycles. The highest BCUT2D eigenvalue weighted by molar-refractivity contribution is 5.75. The third-order valence-corrected chi connectivity index (χ3v) is 2.98. The van der Waals surface area contributed by atoms with E-state index in [-0.39, 0.29) is 12.5 Å². The van der Waals surface area contributed by atoms with E-state index in [9.17, 15) is 9.90 Å². The first kappa shape index (κ1) is 16.7. The first-order chi connectivity index (χ1) is 9.19. The van der Waals surface area contributed by atoms with Crippen molar-refractivity contribution >= 4 is 5.91 Å². The van der Waals surface area contributed by atoms with Crippen LogP contribution in [0.25, 0.3) is 0 Å². The van der Waals surface area contributed by atoms with Crippen LogP contribution in [-0.4, -0.2) is 58.5 Å². The minimum absolute atomic E-state index is 0.0726. The van der Waals surface area contributed by atoms with Gasteiger partial charge in [0.2, 0.25) is 5.91 Å².